The molecule has 1 aliphatic rings. The van der Waals surface area contributed by atoms with Gasteiger partial charge in [0.2, 0.25) is 5.91 Å². The average Bonchev–Trinajstić information content (AvgIpc) is 2.47. The second-order valence-electron chi connectivity index (χ2n) is 7.09. The van der Waals surface area contributed by atoms with Crippen LogP contribution in [0.4, 0.5) is 0 Å². The first-order chi connectivity index (χ1) is 10.8. The summed E-state index contributed by atoms with van der Waals surface area (Å²) in [6.45, 7) is 9.23. The molecule has 3 N–H and O–H groups in total. The fourth-order valence-corrected chi connectivity index (χ4v) is 3.45. The first-order valence-corrected chi connectivity index (χ1v) is 9.16. The van der Waals surface area contributed by atoms with E-state index in [9.17, 15) is 4.79 Å². The highest BCUT2D eigenvalue weighted by atomic mass is 79.9. The number of rotatable bonds is 5. The molecule has 7 heteroatoms. The van der Waals surface area contributed by atoms with Gasteiger partial charge in [0.05, 0.1) is 0 Å². The monoisotopic (exact) mass is 453 g/mol. The van der Waals surface area contributed by atoms with E-state index in [4.69, 9.17) is 5.73 Å². The third-order valence-corrected chi connectivity index (χ3v) is 5.09. The van der Waals surface area contributed by atoms with Crippen LogP contribution >= 0.6 is 40.7 Å². The molecule has 1 aromatic carbocycles. The van der Waals surface area contributed by atoms with Gasteiger partial charge in [-0.2, -0.15) is 0 Å². The molecule has 1 fully saturated rings. The van der Waals surface area contributed by atoms with E-state index >= 15 is 0 Å². The standard InChI is InChI=1S/C18H28BrN3O.2ClH/c1-13-5-4-10-22(11-13)12-14(2)21-17(23)18(3,20)15-6-8-16(19)9-7-15;;/h6-9,13-14H,4-5,10-12,20H2,1-3H3,(H,21,23);2*1H. The van der Waals surface area contributed by atoms with Crippen molar-refractivity contribution >= 4 is 46.7 Å². The number of hydrogen-bond acceptors (Lipinski definition) is 3. The molecule has 1 saturated heterocycles. The lowest BCUT2D eigenvalue weighted by Gasteiger charge is -2.34. The fourth-order valence-electron chi connectivity index (χ4n) is 3.19. The summed E-state index contributed by atoms with van der Waals surface area (Å²) in [6.07, 6.45) is 2.55. The second-order valence-corrected chi connectivity index (χ2v) is 8.01. The SMILES string of the molecule is CC1CCCN(CC(C)NC(=O)C(C)(N)c2ccc(Br)cc2)C1.Cl.Cl. The molecule has 3 unspecified atom stereocenters. The van der Waals surface area contributed by atoms with E-state index in [1.807, 2.05) is 24.3 Å². The number of likely N-dealkylation sites (tertiary alicyclic amines) is 1. The summed E-state index contributed by atoms with van der Waals surface area (Å²) in [5, 5.41) is 3.08. The largest absolute Gasteiger partial charge is 0.350 e. The number of carbonyl (C=O) groups excluding carboxylic acids is 1. The molecule has 1 heterocycles. The number of halogens is 3. The highest BCUT2D eigenvalue weighted by Crippen LogP contribution is 2.21. The third kappa shape index (κ3) is 7.06. The molecular weight excluding hydrogens is 425 g/mol. The van der Waals surface area contributed by atoms with E-state index < -0.39 is 5.54 Å². The van der Waals surface area contributed by atoms with Crippen LogP contribution in [0.5, 0.6) is 0 Å². The molecule has 0 aromatic heterocycles. The lowest BCUT2D eigenvalue weighted by Crippen LogP contribution is -2.54. The predicted molar refractivity (Wildman–Crippen MR) is 113 cm³/mol. The van der Waals surface area contributed by atoms with Crippen LogP contribution < -0.4 is 11.1 Å². The molecule has 3 atom stereocenters. The Labute approximate surface area is 172 Å². The van der Waals surface area contributed by atoms with Gasteiger partial charge in [-0.15, -0.1) is 24.8 Å². The highest BCUT2D eigenvalue weighted by molar-refractivity contribution is 9.10. The van der Waals surface area contributed by atoms with Crippen molar-refractivity contribution in [3.05, 3.63) is 34.3 Å². The summed E-state index contributed by atoms with van der Waals surface area (Å²) in [7, 11) is 0. The Bertz CT molecular complexity index is 540. The summed E-state index contributed by atoms with van der Waals surface area (Å²) in [5.74, 6) is 0.617. The van der Waals surface area contributed by atoms with E-state index in [-0.39, 0.29) is 36.8 Å². The van der Waals surface area contributed by atoms with E-state index in [0.29, 0.717) is 0 Å². The van der Waals surface area contributed by atoms with Gasteiger partial charge in [0.1, 0.15) is 5.54 Å². The van der Waals surface area contributed by atoms with Crippen LogP contribution in [0.15, 0.2) is 28.7 Å². The average molecular weight is 455 g/mol. The van der Waals surface area contributed by atoms with Crippen molar-refractivity contribution in [1.82, 2.24) is 10.2 Å². The minimum atomic E-state index is -1.02. The number of nitrogens with two attached hydrogens (primary N) is 1. The fraction of sp³-hybridized carbons (Fsp3) is 0.611. The Kier molecular flexibility index (Phi) is 10.6. The normalized spacial score (nSPS) is 21.2. The van der Waals surface area contributed by atoms with E-state index in [1.54, 1.807) is 6.92 Å². The first kappa shape index (κ1) is 24.7. The number of piperidine rings is 1. The van der Waals surface area contributed by atoms with Gasteiger partial charge < -0.3 is 16.0 Å². The molecule has 0 aliphatic carbocycles. The summed E-state index contributed by atoms with van der Waals surface area (Å²) >= 11 is 3.40. The van der Waals surface area contributed by atoms with Gasteiger partial charge in [-0.3, -0.25) is 4.79 Å². The minimum absolute atomic E-state index is 0. The second kappa shape index (κ2) is 10.7. The van der Waals surface area contributed by atoms with Crippen LogP contribution in [0, 0.1) is 5.92 Å². The van der Waals surface area contributed by atoms with Gasteiger partial charge in [0.25, 0.3) is 0 Å². The summed E-state index contributed by atoms with van der Waals surface area (Å²) in [5.41, 5.74) is 6.09. The van der Waals surface area contributed by atoms with Crippen molar-refractivity contribution in [2.75, 3.05) is 19.6 Å². The van der Waals surface area contributed by atoms with Crippen LogP contribution in [0.25, 0.3) is 0 Å². The lowest BCUT2D eigenvalue weighted by atomic mass is 9.92. The number of nitrogens with one attached hydrogen (secondary N) is 1. The number of benzene rings is 1. The van der Waals surface area contributed by atoms with Gasteiger partial charge >= 0.3 is 0 Å². The molecule has 1 amide bonds. The van der Waals surface area contributed by atoms with Gasteiger partial charge in [-0.1, -0.05) is 35.0 Å². The number of amides is 1. The minimum Gasteiger partial charge on any atom is -0.350 e. The van der Waals surface area contributed by atoms with Crippen LogP contribution in [-0.2, 0) is 10.3 Å². The summed E-state index contributed by atoms with van der Waals surface area (Å²) in [4.78, 5) is 15.0. The van der Waals surface area contributed by atoms with E-state index in [2.05, 4.69) is 40.0 Å². The molecule has 2 rings (SSSR count). The molecule has 0 bridgehead atoms. The number of carbonyl (C=O) groups is 1. The zero-order valence-corrected chi connectivity index (χ0v) is 18.3. The zero-order chi connectivity index (χ0) is 17.0. The molecule has 1 aliphatic heterocycles. The maximum Gasteiger partial charge on any atom is 0.244 e. The first-order valence-electron chi connectivity index (χ1n) is 8.37. The van der Waals surface area contributed by atoms with Gasteiger partial charge in [-0.25, -0.2) is 0 Å². The molecule has 0 spiro atoms. The quantitative estimate of drug-likeness (QED) is 0.712. The van der Waals surface area contributed by atoms with Crippen molar-refractivity contribution in [1.29, 1.82) is 0 Å². The highest BCUT2D eigenvalue weighted by Gasteiger charge is 2.31. The third-order valence-electron chi connectivity index (χ3n) is 4.57. The van der Waals surface area contributed by atoms with E-state index in [0.717, 1.165) is 35.6 Å². The van der Waals surface area contributed by atoms with E-state index in [1.165, 1.54) is 12.8 Å². The van der Waals surface area contributed by atoms with Crippen LogP contribution in [0.1, 0.15) is 39.2 Å². The van der Waals surface area contributed by atoms with Gasteiger partial charge in [-0.05, 0) is 56.8 Å². The van der Waals surface area contributed by atoms with Gasteiger partial charge in [0, 0.05) is 23.6 Å². The molecule has 0 saturated carbocycles. The van der Waals surface area contributed by atoms with Crippen LogP contribution in [0.2, 0.25) is 0 Å². The molecule has 1 aromatic rings. The number of nitrogens with zero attached hydrogens (tertiary/aromatic N) is 1. The van der Waals surface area contributed by atoms with Gasteiger partial charge in [0.15, 0.2) is 0 Å². The lowest BCUT2D eigenvalue weighted by molar-refractivity contribution is -0.126. The molecular formula is C18H30BrCl2N3O. The van der Waals surface area contributed by atoms with Crippen molar-refractivity contribution in [3.8, 4) is 0 Å². The smallest absolute Gasteiger partial charge is 0.244 e. The van der Waals surface area contributed by atoms with Crippen LogP contribution in [0.3, 0.4) is 0 Å². The van der Waals surface area contributed by atoms with Crippen molar-refractivity contribution in [2.45, 2.75) is 45.2 Å². The Morgan fingerprint density at radius 1 is 1.40 bits per heavy atom. The maximum absolute atomic E-state index is 12.6. The Balaban J connectivity index is 0.00000288. The summed E-state index contributed by atoms with van der Waals surface area (Å²) in [6, 6.07) is 7.69. The predicted octanol–water partition coefficient (Wildman–Crippen LogP) is 3.70. The number of hydrogen-bond donors (Lipinski definition) is 2. The molecule has 0 radical (unpaired) electrons. The maximum atomic E-state index is 12.6. The van der Waals surface area contributed by atoms with Crippen molar-refractivity contribution in [2.24, 2.45) is 11.7 Å². The van der Waals surface area contributed by atoms with Crippen molar-refractivity contribution < 1.29 is 4.79 Å². The summed E-state index contributed by atoms with van der Waals surface area (Å²) < 4.78 is 0.977. The zero-order valence-electron chi connectivity index (χ0n) is 15.1. The Morgan fingerprint density at radius 3 is 2.56 bits per heavy atom. The Morgan fingerprint density at radius 2 is 2.00 bits per heavy atom. The molecule has 4 nitrogen and oxygen atoms in total. The van der Waals surface area contributed by atoms with Crippen LogP contribution in [-0.4, -0.2) is 36.5 Å². The Hall–Kier alpha value is -0.330. The van der Waals surface area contributed by atoms with Crippen molar-refractivity contribution in [3.63, 3.8) is 0 Å². The molecule has 144 valence electrons. The molecule has 25 heavy (non-hydrogen) atoms. The topological polar surface area (TPSA) is 58.4 Å².